The van der Waals surface area contributed by atoms with Gasteiger partial charge in [0.2, 0.25) is 0 Å². The van der Waals surface area contributed by atoms with Crippen LogP contribution in [0.5, 0.6) is 5.75 Å². The third kappa shape index (κ3) is 3.14. The Labute approximate surface area is 131 Å². The number of ether oxygens (including phenoxy) is 1. The van der Waals surface area contributed by atoms with Gasteiger partial charge in [-0.3, -0.25) is 4.79 Å². The van der Waals surface area contributed by atoms with E-state index in [0.717, 1.165) is 48.4 Å². The topological polar surface area (TPSA) is 29.5 Å². The van der Waals surface area contributed by atoms with Crippen molar-refractivity contribution in [2.24, 2.45) is 0 Å². The number of likely N-dealkylation sites (tertiary alicyclic amines) is 1. The first-order valence-corrected chi connectivity index (χ1v) is 7.82. The van der Waals surface area contributed by atoms with E-state index >= 15 is 0 Å². The summed E-state index contributed by atoms with van der Waals surface area (Å²) in [6.07, 6.45) is 3.48. The summed E-state index contributed by atoms with van der Waals surface area (Å²) in [6, 6.07) is 15.8. The lowest BCUT2D eigenvalue weighted by Gasteiger charge is -2.26. The van der Waals surface area contributed by atoms with Gasteiger partial charge in [0.1, 0.15) is 5.75 Å². The summed E-state index contributed by atoms with van der Waals surface area (Å²) in [6.45, 7) is 1.78. The lowest BCUT2D eigenvalue weighted by Crippen LogP contribution is -2.35. The standard InChI is InChI=1S/C19H21NO2/c1-22-18-11-9-16(10-12-18)15-5-7-17(8-6-15)19(21)20-13-3-2-4-14-20/h5-12H,2-4,13-14H2,1H3. The summed E-state index contributed by atoms with van der Waals surface area (Å²) in [7, 11) is 1.66. The smallest absolute Gasteiger partial charge is 0.253 e. The van der Waals surface area contributed by atoms with E-state index in [0.29, 0.717) is 0 Å². The molecule has 1 saturated heterocycles. The maximum atomic E-state index is 12.4. The molecule has 0 atom stereocenters. The number of piperidine rings is 1. The lowest BCUT2D eigenvalue weighted by molar-refractivity contribution is 0.0724. The van der Waals surface area contributed by atoms with Crippen LogP contribution in [0.2, 0.25) is 0 Å². The summed E-state index contributed by atoms with van der Waals surface area (Å²) < 4.78 is 5.17. The van der Waals surface area contributed by atoms with Crippen LogP contribution in [0, 0.1) is 0 Å². The van der Waals surface area contributed by atoms with E-state index in [1.54, 1.807) is 7.11 Å². The lowest BCUT2D eigenvalue weighted by atomic mass is 10.0. The molecule has 2 aromatic carbocycles. The van der Waals surface area contributed by atoms with Gasteiger partial charge in [0.15, 0.2) is 0 Å². The second-order valence-electron chi connectivity index (χ2n) is 5.66. The van der Waals surface area contributed by atoms with Gasteiger partial charge in [0.05, 0.1) is 7.11 Å². The molecule has 1 aliphatic heterocycles. The fourth-order valence-corrected chi connectivity index (χ4v) is 2.87. The molecule has 3 nitrogen and oxygen atoms in total. The Kier molecular flexibility index (Phi) is 4.42. The molecule has 0 aliphatic carbocycles. The second-order valence-corrected chi connectivity index (χ2v) is 5.66. The largest absolute Gasteiger partial charge is 0.497 e. The summed E-state index contributed by atoms with van der Waals surface area (Å²) >= 11 is 0. The average molecular weight is 295 g/mol. The molecule has 1 aliphatic rings. The maximum Gasteiger partial charge on any atom is 0.253 e. The first-order valence-electron chi connectivity index (χ1n) is 7.82. The first-order chi connectivity index (χ1) is 10.8. The van der Waals surface area contributed by atoms with Gasteiger partial charge >= 0.3 is 0 Å². The van der Waals surface area contributed by atoms with Crippen LogP contribution in [0.15, 0.2) is 48.5 Å². The molecule has 1 amide bonds. The Morgan fingerprint density at radius 1 is 0.864 bits per heavy atom. The number of hydrogen-bond donors (Lipinski definition) is 0. The third-order valence-electron chi connectivity index (χ3n) is 4.20. The predicted octanol–water partition coefficient (Wildman–Crippen LogP) is 3.99. The fraction of sp³-hybridized carbons (Fsp3) is 0.316. The highest BCUT2D eigenvalue weighted by molar-refractivity contribution is 5.94. The predicted molar refractivity (Wildman–Crippen MR) is 88.2 cm³/mol. The molecular weight excluding hydrogens is 274 g/mol. The number of methoxy groups -OCH3 is 1. The van der Waals surface area contributed by atoms with Crippen molar-refractivity contribution in [3.05, 3.63) is 54.1 Å². The molecule has 2 aromatic rings. The van der Waals surface area contributed by atoms with Crippen LogP contribution in [0.1, 0.15) is 29.6 Å². The average Bonchev–Trinajstić information content (AvgIpc) is 2.62. The van der Waals surface area contributed by atoms with Crippen LogP contribution in [-0.4, -0.2) is 31.0 Å². The van der Waals surface area contributed by atoms with Crippen molar-refractivity contribution < 1.29 is 9.53 Å². The van der Waals surface area contributed by atoms with E-state index in [-0.39, 0.29) is 5.91 Å². The van der Waals surface area contributed by atoms with Gasteiger partial charge in [-0.2, -0.15) is 0 Å². The van der Waals surface area contributed by atoms with Crippen LogP contribution in [0.4, 0.5) is 0 Å². The molecule has 0 bridgehead atoms. The van der Waals surface area contributed by atoms with Crippen LogP contribution in [-0.2, 0) is 0 Å². The summed E-state index contributed by atoms with van der Waals surface area (Å²) in [5.41, 5.74) is 3.01. The number of carbonyl (C=O) groups is 1. The Morgan fingerprint density at radius 2 is 1.41 bits per heavy atom. The Hall–Kier alpha value is -2.29. The van der Waals surface area contributed by atoms with Gasteiger partial charge in [-0.1, -0.05) is 24.3 Å². The van der Waals surface area contributed by atoms with Gasteiger partial charge in [0, 0.05) is 18.7 Å². The fourth-order valence-electron chi connectivity index (χ4n) is 2.87. The Bertz CT molecular complexity index is 625. The minimum atomic E-state index is 0.154. The molecule has 1 heterocycles. The van der Waals surface area contributed by atoms with E-state index in [2.05, 4.69) is 0 Å². The zero-order valence-electron chi connectivity index (χ0n) is 12.9. The van der Waals surface area contributed by atoms with E-state index in [4.69, 9.17) is 4.74 Å². The molecule has 0 aromatic heterocycles. The Morgan fingerprint density at radius 3 is 1.95 bits per heavy atom. The first kappa shape index (κ1) is 14.6. The molecule has 0 N–H and O–H groups in total. The van der Waals surface area contributed by atoms with E-state index in [9.17, 15) is 4.79 Å². The van der Waals surface area contributed by atoms with Gasteiger partial charge < -0.3 is 9.64 Å². The molecule has 0 radical (unpaired) electrons. The zero-order valence-corrected chi connectivity index (χ0v) is 12.9. The molecule has 3 heteroatoms. The highest BCUT2D eigenvalue weighted by Crippen LogP contribution is 2.23. The van der Waals surface area contributed by atoms with Gasteiger partial charge in [-0.25, -0.2) is 0 Å². The van der Waals surface area contributed by atoms with Gasteiger partial charge in [0.25, 0.3) is 5.91 Å². The molecule has 1 fully saturated rings. The molecule has 0 spiro atoms. The van der Waals surface area contributed by atoms with E-state index < -0.39 is 0 Å². The molecular formula is C19H21NO2. The van der Waals surface area contributed by atoms with Crippen molar-refractivity contribution in [2.75, 3.05) is 20.2 Å². The van der Waals surface area contributed by atoms with Crippen molar-refractivity contribution >= 4 is 5.91 Å². The molecule has 22 heavy (non-hydrogen) atoms. The summed E-state index contributed by atoms with van der Waals surface area (Å²) in [5, 5.41) is 0. The molecule has 0 unspecified atom stereocenters. The molecule has 114 valence electrons. The minimum absolute atomic E-state index is 0.154. The Balaban J connectivity index is 1.75. The monoisotopic (exact) mass is 295 g/mol. The molecule has 0 saturated carbocycles. The third-order valence-corrected chi connectivity index (χ3v) is 4.20. The van der Waals surface area contributed by atoms with Gasteiger partial charge in [-0.15, -0.1) is 0 Å². The van der Waals surface area contributed by atoms with Gasteiger partial charge in [-0.05, 0) is 54.7 Å². The number of rotatable bonds is 3. The zero-order chi connectivity index (χ0) is 15.4. The van der Waals surface area contributed by atoms with Crippen molar-refractivity contribution in [1.82, 2.24) is 4.90 Å². The SMILES string of the molecule is COc1ccc(-c2ccc(C(=O)N3CCCCC3)cc2)cc1. The van der Waals surface area contributed by atoms with Crippen molar-refractivity contribution in [1.29, 1.82) is 0 Å². The van der Waals surface area contributed by atoms with Crippen molar-refractivity contribution in [3.8, 4) is 16.9 Å². The number of nitrogens with zero attached hydrogens (tertiary/aromatic N) is 1. The van der Waals surface area contributed by atoms with Crippen LogP contribution >= 0.6 is 0 Å². The number of hydrogen-bond acceptors (Lipinski definition) is 2. The highest BCUT2D eigenvalue weighted by atomic mass is 16.5. The van der Waals surface area contributed by atoms with Crippen molar-refractivity contribution in [3.63, 3.8) is 0 Å². The van der Waals surface area contributed by atoms with Crippen LogP contribution in [0.25, 0.3) is 11.1 Å². The van der Waals surface area contributed by atoms with E-state index in [1.165, 1.54) is 6.42 Å². The van der Waals surface area contributed by atoms with E-state index in [1.807, 2.05) is 53.4 Å². The summed E-state index contributed by atoms with van der Waals surface area (Å²) in [4.78, 5) is 14.4. The minimum Gasteiger partial charge on any atom is -0.497 e. The summed E-state index contributed by atoms with van der Waals surface area (Å²) in [5.74, 6) is 1.00. The number of carbonyl (C=O) groups excluding carboxylic acids is 1. The maximum absolute atomic E-state index is 12.4. The normalized spacial score (nSPS) is 14.7. The molecule has 3 rings (SSSR count). The van der Waals surface area contributed by atoms with Crippen molar-refractivity contribution in [2.45, 2.75) is 19.3 Å². The highest BCUT2D eigenvalue weighted by Gasteiger charge is 2.17. The van der Waals surface area contributed by atoms with Crippen LogP contribution in [0.3, 0.4) is 0 Å². The quantitative estimate of drug-likeness (QED) is 0.857. The number of benzene rings is 2. The number of amides is 1. The second kappa shape index (κ2) is 6.65. The van der Waals surface area contributed by atoms with Crippen LogP contribution < -0.4 is 4.74 Å².